The lowest BCUT2D eigenvalue weighted by Crippen LogP contribution is -2.34. The monoisotopic (exact) mass is 337 g/mol. The third-order valence-corrected chi connectivity index (χ3v) is 4.56. The first kappa shape index (κ1) is 15.1. The Morgan fingerprint density at radius 3 is 2.85 bits per heavy atom. The number of carboxylic acid groups (broad SMARTS) is 1. The first-order valence-corrected chi connectivity index (χ1v) is 7.81. The SMILES string of the molecule is CCC1CCC(C)N1c1ccc(/C=C/C(=O)O)cc1Br. The van der Waals surface area contributed by atoms with Crippen LogP contribution in [-0.2, 0) is 4.79 Å². The lowest BCUT2D eigenvalue weighted by molar-refractivity contribution is -0.131. The summed E-state index contributed by atoms with van der Waals surface area (Å²) in [5, 5.41) is 8.67. The summed E-state index contributed by atoms with van der Waals surface area (Å²) in [5.41, 5.74) is 2.09. The minimum absolute atomic E-state index is 0.552. The summed E-state index contributed by atoms with van der Waals surface area (Å²) >= 11 is 3.63. The Balaban J connectivity index is 2.27. The highest BCUT2D eigenvalue weighted by Crippen LogP contribution is 2.37. The smallest absolute Gasteiger partial charge is 0.328 e. The van der Waals surface area contributed by atoms with E-state index in [2.05, 4.69) is 40.7 Å². The molecule has 1 fully saturated rings. The topological polar surface area (TPSA) is 40.5 Å². The molecule has 0 radical (unpaired) electrons. The van der Waals surface area contributed by atoms with E-state index in [9.17, 15) is 4.79 Å². The van der Waals surface area contributed by atoms with Crippen molar-refractivity contribution in [2.24, 2.45) is 0 Å². The number of rotatable bonds is 4. The molecule has 0 aliphatic carbocycles. The van der Waals surface area contributed by atoms with Crippen LogP contribution in [0.15, 0.2) is 28.7 Å². The number of aliphatic carboxylic acids is 1. The number of carbonyl (C=O) groups is 1. The van der Waals surface area contributed by atoms with Crippen LogP contribution in [0, 0.1) is 0 Å². The molecule has 0 amide bonds. The normalized spacial score (nSPS) is 22.6. The van der Waals surface area contributed by atoms with Gasteiger partial charge in [0.15, 0.2) is 0 Å². The van der Waals surface area contributed by atoms with Gasteiger partial charge in [0.1, 0.15) is 0 Å². The van der Waals surface area contributed by atoms with Crippen molar-refractivity contribution in [3.8, 4) is 0 Å². The van der Waals surface area contributed by atoms with Crippen LogP contribution in [0.2, 0.25) is 0 Å². The maximum Gasteiger partial charge on any atom is 0.328 e. The van der Waals surface area contributed by atoms with Crippen molar-refractivity contribution in [1.82, 2.24) is 0 Å². The van der Waals surface area contributed by atoms with Crippen molar-refractivity contribution in [2.45, 2.75) is 45.2 Å². The number of benzene rings is 1. The van der Waals surface area contributed by atoms with E-state index < -0.39 is 5.97 Å². The van der Waals surface area contributed by atoms with Crippen molar-refractivity contribution in [1.29, 1.82) is 0 Å². The Bertz CT molecular complexity index is 527. The summed E-state index contributed by atoms with van der Waals surface area (Å²) in [6.07, 6.45) is 6.39. The number of halogens is 1. The van der Waals surface area contributed by atoms with Gasteiger partial charge in [0.2, 0.25) is 0 Å². The van der Waals surface area contributed by atoms with E-state index in [0.717, 1.165) is 22.5 Å². The fraction of sp³-hybridized carbons (Fsp3) is 0.438. The average molecular weight is 338 g/mol. The molecule has 3 nitrogen and oxygen atoms in total. The fourth-order valence-corrected chi connectivity index (χ4v) is 3.51. The largest absolute Gasteiger partial charge is 0.478 e. The van der Waals surface area contributed by atoms with Gasteiger partial charge in [-0.1, -0.05) is 13.0 Å². The standard InChI is InChI=1S/C16H20BrNO2/c1-3-13-7-4-11(2)18(13)15-8-5-12(10-14(15)17)6-9-16(19)20/h5-6,8-11,13H,3-4,7H2,1-2H3,(H,19,20)/b9-6+. The highest BCUT2D eigenvalue weighted by Gasteiger charge is 2.30. The Morgan fingerprint density at radius 2 is 2.25 bits per heavy atom. The van der Waals surface area contributed by atoms with Crippen LogP contribution in [0.3, 0.4) is 0 Å². The van der Waals surface area contributed by atoms with Crippen LogP contribution >= 0.6 is 15.9 Å². The number of nitrogens with zero attached hydrogens (tertiary/aromatic N) is 1. The zero-order chi connectivity index (χ0) is 14.7. The van der Waals surface area contributed by atoms with Gasteiger partial charge in [0, 0.05) is 22.6 Å². The molecular weight excluding hydrogens is 318 g/mol. The van der Waals surface area contributed by atoms with Crippen LogP contribution in [-0.4, -0.2) is 23.2 Å². The number of hydrogen-bond acceptors (Lipinski definition) is 2. The molecule has 0 aromatic heterocycles. The van der Waals surface area contributed by atoms with Gasteiger partial charge in [-0.3, -0.25) is 0 Å². The lowest BCUT2D eigenvalue weighted by Gasteiger charge is -2.31. The van der Waals surface area contributed by atoms with Gasteiger partial charge in [-0.2, -0.15) is 0 Å². The molecule has 1 aromatic rings. The molecule has 0 saturated carbocycles. The maximum absolute atomic E-state index is 10.6. The molecule has 2 unspecified atom stereocenters. The van der Waals surface area contributed by atoms with Gasteiger partial charge < -0.3 is 10.0 Å². The average Bonchev–Trinajstić information content (AvgIpc) is 2.77. The van der Waals surface area contributed by atoms with Crippen LogP contribution in [0.25, 0.3) is 6.08 Å². The summed E-state index contributed by atoms with van der Waals surface area (Å²) in [7, 11) is 0. The van der Waals surface area contributed by atoms with Crippen molar-refractivity contribution in [2.75, 3.05) is 4.90 Å². The summed E-state index contributed by atoms with van der Waals surface area (Å²) in [5.74, 6) is -0.926. The van der Waals surface area contributed by atoms with Crippen LogP contribution in [0.1, 0.15) is 38.7 Å². The Hall–Kier alpha value is -1.29. The van der Waals surface area contributed by atoms with Gasteiger partial charge in [-0.05, 0) is 65.9 Å². The Morgan fingerprint density at radius 1 is 1.50 bits per heavy atom. The fourth-order valence-electron chi connectivity index (χ4n) is 2.91. The minimum Gasteiger partial charge on any atom is -0.478 e. The number of anilines is 1. The van der Waals surface area contributed by atoms with Crippen molar-refractivity contribution in [3.63, 3.8) is 0 Å². The molecule has 2 atom stereocenters. The van der Waals surface area contributed by atoms with Crippen LogP contribution in [0.4, 0.5) is 5.69 Å². The Kier molecular flexibility index (Phi) is 4.86. The maximum atomic E-state index is 10.6. The molecule has 1 heterocycles. The van der Waals surface area contributed by atoms with E-state index in [1.807, 2.05) is 12.1 Å². The highest BCUT2D eigenvalue weighted by molar-refractivity contribution is 9.10. The molecule has 0 bridgehead atoms. The quantitative estimate of drug-likeness (QED) is 0.832. The molecule has 1 aliphatic heterocycles. The summed E-state index contributed by atoms with van der Waals surface area (Å²) < 4.78 is 1.03. The van der Waals surface area contributed by atoms with Crippen molar-refractivity contribution >= 4 is 33.7 Å². The molecule has 1 saturated heterocycles. The van der Waals surface area contributed by atoms with Gasteiger partial charge in [-0.15, -0.1) is 0 Å². The summed E-state index contributed by atoms with van der Waals surface area (Å²) in [4.78, 5) is 13.0. The van der Waals surface area contributed by atoms with Crippen LogP contribution < -0.4 is 4.90 Å². The third kappa shape index (κ3) is 3.23. The van der Waals surface area contributed by atoms with E-state index in [4.69, 9.17) is 5.11 Å². The van der Waals surface area contributed by atoms with E-state index in [0.29, 0.717) is 12.1 Å². The molecule has 0 spiro atoms. The highest BCUT2D eigenvalue weighted by atomic mass is 79.9. The molecule has 20 heavy (non-hydrogen) atoms. The predicted molar refractivity (Wildman–Crippen MR) is 86.1 cm³/mol. The molecule has 108 valence electrons. The minimum atomic E-state index is -0.926. The van der Waals surface area contributed by atoms with Gasteiger partial charge in [-0.25, -0.2) is 4.79 Å². The molecule has 1 aliphatic rings. The molecule has 1 aromatic carbocycles. The predicted octanol–water partition coefficient (Wildman–Crippen LogP) is 4.31. The molecular formula is C16H20BrNO2. The number of hydrogen-bond donors (Lipinski definition) is 1. The second-order valence-electron chi connectivity index (χ2n) is 5.28. The van der Waals surface area contributed by atoms with E-state index in [1.165, 1.54) is 18.5 Å². The second-order valence-corrected chi connectivity index (χ2v) is 6.13. The number of carboxylic acids is 1. The summed E-state index contributed by atoms with van der Waals surface area (Å²) in [6, 6.07) is 7.18. The molecule has 4 heteroatoms. The zero-order valence-corrected chi connectivity index (χ0v) is 13.4. The lowest BCUT2D eigenvalue weighted by atomic mass is 10.1. The van der Waals surface area contributed by atoms with Crippen molar-refractivity contribution < 1.29 is 9.90 Å². The molecule has 2 rings (SSSR count). The van der Waals surface area contributed by atoms with Gasteiger partial charge in [0.25, 0.3) is 0 Å². The van der Waals surface area contributed by atoms with Gasteiger partial charge >= 0.3 is 5.97 Å². The van der Waals surface area contributed by atoms with E-state index >= 15 is 0 Å². The molecule has 1 N–H and O–H groups in total. The Labute approximate surface area is 128 Å². The van der Waals surface area contributed by atoms with E-state index in [-0.39, 0.29) is 0 Å². The first-order valence-electron chi connectivity index (χ1n) is 7.01. The van der Waals surface area contributed by atoms with Crippen LogP contribution in [0.5, 0.6) is 0 Å². The first-order chi connectivity index (χ1) is 9.52. The third-order valence-electron chi connectivity index (χ3n) is 3.93. The second kappa shape index (κ2) is 6.44. The zero-order valence-electron chi connectivity index (χ0n) is 11.8. The van der Waals surface area contributed by atoms with E-state index in [1.54, 1.807) is 6.08 Å². The van der Waals surface area contributed by atoms with Crippen molar-refractivity contribution in [3.05, 3.63) is 34.3 Å². The summed E-state index contributed by atoms with van der Waals surface area (Å²) in [6.45, 7) is 4.49. The van der Waals surface area contributed by atoms with Gasteiger partial charge in [0.05, 0.1) is 5.69 Å².